The molecule has 5 N–H and O–H groups in total. The average Bonchev–Trinajstić information content (AvgIpc) is 3.73. The largest absolute Gasteiger partial charge is 0.480 e. The van der Waals surface area contributed by atoms with Gasteiger partial charge in [0.15, 0.2) is 0 Å². The number of amides is 1. The van der Waals surface area contributed by atoms with Crippen LogP contribution in [0.5, 0.6) is 5.88 Å². The molecule has 4 atom stereocenters. The third-order valence-corrected chi connectivity index (χ3v) is 9.79. The van der Waals surface area contributed by atoms with Crippen molar-refractivity contribution in [3.63, 3.8) is 0 Å². The monoisotopic (exact) mass is 767 g/mol. The highest BCUT2D eigenvalue weighted by Gasteiger charge is 2.51. The van der Waals surface area contributed by atoms with E-state index in [9.17, 15) is 27.6 Å². The van der Waals surface area contributed by atoms with E-state index in [4.69, 9.17) is 31.9 Å². The summed E-state index contributed by atoms with van der Waals surface area (Å²) in [5.74, 6) is -2.92. The number of nitrogens with zero attached hydrogens (tertiary/aromatic N) is 4. The van der Waals surface area contributed by atoms with Gasteiger partial charge in [-0.15, -0.1) is 0 Å². The van der Waals surface area contributed by atoms with Gasteiger partial charge in [0.2, 0.25) is 17.9 Å². The molecule has 6 rings (SSSR count). The van der Waals surface area contributed by atoms with Crippen LogP contribution in [0.15, 0.2) is 66.9 Å². The van der Waals surface area contributed by atoms with Crippen molar-refractivity contribution in [2.75, 3.05) is 18.9 Å². The number of benzene rings is 2. The fraction of sp³-hybridized carbons (Fsp3) is 0.351. The van der Waals surface area contributed by atoms with Gasteiger partial charge in [-0.25, -0.2) is 9.67 Å². The van der Waals surface area contributed by atoms with E-state index in [-0.39, 0.29) is 40.1 Å². The molecule has 0 bridgehead atoms. The van der Waals surface area contributed by atoms with E-state index in [1.165, 1.54) is 35.1 Å². The Hall–Kier alpha value is -5.48. The van der Waals surface area contributed by atoms with Crippen LogP contribution in [-0.2, 0) is 14.3 Å². The normalized spacial score (nSPS) is 20.3. The average molecular weight is 768 g/mol. The molecule has 2 aliphatic rings. The number of nitrogens with one attached hydrogen (secondary N) is 2. The molecule has 1 fully saturated rings. The highest BCUT2D eigenvalue weighted by atomic mass is 35.5. The van der Waals surface area contributed by atoms with Crippen molar-refractivity contribution in [2.24, 2.45) is 5.41 Å². The first kappa shape index (κ1) is 38.3. The predicted octanol–water partition coefficient (Wildman–Crippen LogP) is 5.92. The van der Waals surface area contributed by atoms with Crippen molar-refractivity contribution < 1.29 is 42.1 Å². The molecule has 3 heterocycles. The Kier molecular flexibility index (Phi) is 11.0. The van der Waals surface area contributed by atoms with E-state index in [1.54, 1.807) is 44.2 Å². The molecule has 0 saturated carbocycles. The van der Waals surface area contributed by atoms with E-state index in [0.29, 0.717) is 42.5 Å². The molecule has 54 heavy (non-hydrogen) atoms. The summed E-state index contributed by atoms with van der Waals surface area (Å²) in [5.41, 5.74) is 7.61. The van der Waals surface area contributed by atoms with E-state index in [0.717, 1.165) is 0 Å². The van der Waals surface area contributed by atoms with Gasteiger partial charge in [0.25, 0.3) is 5.91 Å². The number of ether oxygens (including phenoxy) is 2. The Morgan fingerprint density at radius 3 is 2.61 bits per heavy atom. The molecule has 4 aromatic rings. The lowest BCUT2D eigenvalue weighted by atomic mass is 9.67. The molecule has 2 aromatic heterocycles. The molecule has 3 unspecified atom stereocenters. The highest BCUT2D eigenvalue weighted by Crippen LogP contribution is 2.54. The number of carbonyl (C=O) groups is 3. The van der Waals surface area contributed by atoms with Crippen molar-refractivity contribution in [1.29, 1.82) is 0 Å². The number of nitrogen functional groups attached to an aromatic ring is 1. The summed E-state index contributed by atoms with van der Waals surface area (Å²) < 4.78 is 56.4. The number of esters is 1. The van der Waals surface area contributed by atoms with Crippen LogP contribution < -0.4 is 21.1 Å². The van der Waals surface area contributed by atoms with Crippen molar-refractivity contribution in [3.05, 3.63) is 100.0 Å². The molecule has 2 aromatic carbocycles. The molecule has 284 valence electrons. The molecule has 1 aliphatic carbocycles. The van der Waals surface area contributed by atoms with Crippen molar-refractivity contribution in [1.82, 2.24) is 30.4 Å². The lowest BCUT2D eigenvalue weighted by Gasteiger charge is -2.38. The maximum atomic E-state index is 14.7. The molecule has 1 amide bonds. The highest BCUT2D eigenvalue weighted by molar-refractivity contribution is 6.30. The maximum absolute atomic E-state index is 14.7. The zero-order valence-corrected chi connectivity index (χ0v) is 29.9. The number of hydrogen-bond acceptors (Lipinski definition) is 10. The second-order valence-electron chi connectivity index (χ2n) is 13.2. The summed E-state index contributed by atoms with van der Waals surface area (Å²) in [7, 11) is 0. The number of carbonyl (C=O) groups excluding carboxylic acids is 2. The number of aromatic nitrogens is 4. The molecule has 1 saturated heterocycles. The summed E-state index contributed by atoms with van der Waals surface area (Å²) in [6, 6.07) is 12.4. The third-order valence-electron chi connectivity index (χ3n) is 9.55. The summed E-state index contributed by atoms with van der Waals surface area (Å²) in [4.78, 5) is 45.6. The van der Waals surface area contributed by atoms with E-state index in [2.05, 4.69) is 25.7 Å². The van der Waals surface area contributed by atoms with Gasteiger partial charge < -0.3 is 25.6 Å². The second kappa shape index (κ2) is 15.5. The standard InChI is InChI=1S/C37H37ClF3N7O6/c1-3-53-34(52)27-18-36(31(44-27)23-6-4-5-7-24(23)33(51)43-19-30(49)50)13-10-21(11-14-36)26-17-29(46-35(42)45-26)54-32(37(39,40)41)25-9-8-22(38)16-28(25)48-15-12-20(2)47-48/h4-10,12,15-17,27,31-32,44H,3,11,13-14,18-19H2,1-2H3,(H,43,51)(H,49,50)(H2,42,45,46)/t27?,31?,32-,36?/m1/s1. The number of carboxylic acids is 1. The first-order chi connectivity index (χ1) is 25.7. The first-order valence-corrected chi connectivity index (χ1v) is 17.5. The zero-order valence-electron chi connectivity index (χ0n) is 29.2. The summed E-state index contributed by atoms with van der Waals surface area (Å²) in [6.45, 7) is 3.00. The number of alkyl halides is 3. The molecule has 13 nitrogen and oxygen atoms in total. The number of hydrogen-bond donors (Lipinski definition) is 4. The minimum absolute atomic E-state index is 0.0715. The van der Waals surface area contributed by atoms with Gasteiger partial charge in [0.1, 0.15) is 12.6 Å². The first-order valence-electron chi connectivity index (χ1n) is 17.1. The van der Waals surface area contributed by atoms with Crippen molar-refractivity contribution in [2.45, 2.75) is 63.9 Å². The zero-order chi connectivity index (χ0) is 38.8. The van der Waals surface area contributed by atoms with Crippen molar-refractivity contribution >= 4 is 41.0 Å². The van der Waals surface area contributed by atoms with Gasteiger partial charge >= 0.3 is 18.1 Å². The van der Waals surface area contributed by atoms with Crippen molar-refractivity contribution in [3.8, 4) is 11.6 Å². The minimum atomic E-state index is -4.89. The molecular weight excluding hydrogens is 731 g/mol. The molecule has 0 radical (unpaired) electrons. The molecule has 1 spiro atoms. The Morgan fingerprint density at radius 2 is 1.94 bits per heavy atom. The lowest BCUT2D eigenvalue weighted by molar-refractivity contribution is -0.198. The topological polar surface area (TPSA) is 184 Å². The van der Waals surface area contributed by atoms with Gasteiger partial charge in [-0.1, -0.05) is 41.9 Å². The van der Waals surface area contributed by atoms with Crippen LogP contribution in [0.25, 0.3) is 11.3 Å². The van der Waals surface area contributed by atoms with Crippen LogP contribution >= 0.6 is 11.6 Å². The Morgan fingerprint density at radius 1 is 1.17 bits per heavy atom. The molecule has 17 heteroatoms. The Bertz CT molecular complexity index is 2110. The smallest absolute Gasteiger partial charge is 0.429 e. The van der Waals surface area contributed by atoms with E-state index in [1.807, 2.05) is 6.08 Å². The Balaban J connectivity index is 1.32. The summed E-state index contributed by atoms with van der Waals surface area (Å²) >= 11 is 6.18. The van der Waals surface area contributed by atoms with E-state index >= 15 is 0 Å². The van der Waals surface area contributed by atoms with Crippen LogP contribution in [0, 0.1) is 12.3 Å². The van der Waals surface area contributed by atoms with E-state index < -0.39 is 60.0 Å². The van der Waals surface area contributed by atoms with Crippen LogP contribution in [0.4, 0.5) is 19.1 Å². The number of halogens is 4. The maximum Gasteiger partial charge on any atom is 0.429 e. The number of anilines is 1. The fourth-order valence-corrected chi connectivity index (χ4v) is 7.32. The van der Waals surface area contributed by atoms with Gasteiger partial charge in [-0.05, 0) is 80.3 Å². The number of nitrogens with two attached hydrogens (primary N) is 1. The van der Waals surface area contributed by atoms with Crippen LogP contribution in [0.2, 0.25) is 5.02 Å². The molecular formula is C37H37ClF3N7O6. The molecule has 1 aliphatic heterocycles. The fourth-order valence-electron chi connectivity index (χ4n) is 7.16. The SMILES string of the molecule is CCOC(=O)C1CC2(CC=C(c3cc(O[C@H](c4ccc(Cl)cc4-n4ccc(C)n4)C(F)(F)F)nc(N)n3)CC2)C(c2ccccc2C(=O)NCC(=O)O)N1. The number of rotatable bonds is 11. The quantitative estimate of drug-likeness (QED) is 0.133. The summed E-state index contributed by atoms with van der Waals surface area (Å²) in [6.07, 6.45) is -2.36. The third kappa shape index (κ3) is 8.19. The lowest BCUT2D eigenvalue weighted by Crippen LogP contribution is -2.36. The van der Waals surface area contributed by atoms with Gasteiger partial charge in [0.05, 0.1) is 23.7 Å². The van der Waals surface area contributed by atoms with Crippen LogP contribution in [-0.4, -0.2) is 68.1 Å². The number of carboxylic acid groups (broad SMARTS) is 1. The minimum Gasteiger partial charge on any atom is -0.480 e. The Labute approximate surface area is 312 Å². The number of aryl methyl sites for hydroxylation is 1. The summed E-state index contributed by atoms with van der Waals surface area (Å²) in [5, 5.41) is 19.4. The predicted molar refractivity (Wildman–Crippen MR) is 191 cm³/mol. The van der Waals surface area contributed by atoms with Crippen LogP contribution in [0.1, 0.15) is 77.6 Å². The second-order valence-corrected chi connectivity index (χ2v) is 13.6. The number of allylic oxidation sites excluding steroid dienone is 2. The van der Waals surface area contributed by atoms with Gasteiger partial charge in [0, 0.05) is 34.5 Å². The van der Waals surface area contributed by atoms with Crippen LogP contribution in [0.3, 0.4) is 0 Å². The van der Waals surface area contributed by atoms with Gasteiger partial charge in [-0.3, -0.25) is 19.7 Å². The van der Waals surface area contributed by atoms with Gasteiger partial charge in [-0.2, -0.15) is 23.3 Å². The number of aliphatic carboxylic acids is 1.